The highest BCUT2D eigenvalue weighted by atomic mass is 16.6. The van der Waals surface area contributed by atoms with Crippen LogP contribution in [0.4, 0.5) is 0 Å². The van der Waals surface area contributed by atoms with Crippen molar-refractivity contribution >= 4 is 0 Å². The molecule has 0 N–H and O–H groups in total. The zero-order valence-corrected chi connectivity index (χ0v) is 7.00. The van der Waals surface area contributed by atoms with Gasteiger partial charge in [-0.25, -0.2) is 0 Å². The number of azide groups is 1. The van der Waals surface area contributed by atoms with Gasteiger partial charge < -0.3 is 4.74 Å². The van der Waals surface area contributed by atoms with Crippen molar-refractivity contribution in [2.45, 2.75) is 12.2 Å². The highest BCUT2D eigenvalue weighted by molar-refractivity contribution is 5.22. The third-order valence-corrected chi connectivity index (χ3v) is 2.04. The average molecular weight is 175 g/mol. The van der Waals surface area contributed by atoms with Crippen LogP contribution < -0.4 is 0 Å². The molecule has 1 aromatic rings. The molecule has 0 radical (unpaired) electrons. The molecule has 4 heteroatoms. The Morgan fingerprint density at radius 2 is 2.15 bits per heavy atom. The lowest BCUT2D eigenvalue weighted by Gasteiger charge is -1.92. The van der Waals surface area contributed by atoms with E-state index in [0.717, 1.165) is 5.56 Å². The summed E-state index contributed by atoms with van der Waals surface area (Å²) in [5.41, 5.74) is 9.26. The maximum Gasteiger partial charge on any atom is 0.109 e. The van der Waals surface area contributed by atoms with Crippen molar-refractivity contribution in [3.63, 3.8) is 0 Å². The van der Waals surface area contributed by atoms with Crippen LogP contribution >= 0.6 is 0 Å². The predicted molar refractivity (Wildman–Crippen MR) is 48.1 cm³/mol. The summed E-state index contributed by atoms with van der Waals surface area (Å²) in [6.45, 7) is 0.427. The molecule has 4 nitrogen and oxygen atoms in total. The van der Waals surface area contributed by atoms with Gasteiger partial charge >= 0.3 is 0 Å². The Balaban J connectivity index is 1.96. The summed E-state index contributed by atoms with van der Waals surface area (Å²) in [7, 11) is 0. The number of nitrogens with zero attached hydrogens (tertiary/aromatic N) is 3. The molecule has 13 heavy (non-hydrogen) atoms. The molecule has 1 fully saturated rings. The van der Waals surface area contributed by atoms with E-state index >= 15 is 0 Å². The third-order valence-electron chi connectivity index (χ3n) is 2.04. The van der Waals surface area contributed by atoms with Crippen LogP contribution in [0, 0.1) is 0 Å². The molecule has 66 valence electrons. The molecule has 0 spiro atoms. The van der Waals surface area contributed by atoms with E-state index in [-0.39, 0.29) is 12.2 Å². The van der Waals surface area contributed by atoms with Crippen molar-refractivity contribution in [1.29, 1.82) is 0 Å². The maximum atomic E-state index is 8.10. The van der Waals surface area contributed by atoms with Crippen molar-refractivity contribution in [2.75, 3.05) is 6.54 Å². The van der Waals surface area contributed by atoms with E-state index in [9.17, 15) is 0 Å². The fourth-order valence-corrected chi connectivity index (χ4v) is 1.33. The largest absolute Gasteiger partial charge is 0.364 e. The van der Waals surface area contributed by atoms with Crippen LogP contribution in [0.2, 0.25) is 0 Å². The van der Waals surface area contributed by atoms with Gasteiger partial charge in [0, 0.05) is 4.91 Å². The molecule has 1 aromatic carbocycles. The highest BCUT2D eigenvalue weighted by Crippen LogP contribution is 2.38. The summed E-state index contributed by atoms with van der Waals surface area (Å²) >= 11 is 0. The maximum absolute atomic E-state index is 8.10. The van der Waals surface area contributed by atoms with Crippen LogP contribution in [0.3, 0.4) is 0 Å². The summed E-state index contributed by atoms with van der Waals surface area (Å²) in [5, 5.41) is 3.47. The van der Waals surface area contributed by atoms with Gasteiger partial charge in [0.25, 0.3) is 0 Å². The standard InChI is InChI=1S/C9H9N3O/c10-12-11-6-8-9(13-8)7-4-2-1-3-5-7/h1-5,8-9H,6H2/t8-,9-/m0/s1. The zero-order chi connectivity index (χ0) is 9.10. The van der Waals surface area contributed by atoms with Crippen molar-refractivity contribution in [3.8, 4) is 0 Å². The second kappa shape index (κ2) is 3.47. The van der Waals surface area contributed by atoms with E-state index < -0.39 is 0 Å². The van der Waals surface area contributed by atoms with Crippen LogP contribution in [0.5, 0.6) is 0 Å². The first-order valence-electron chi connectivity index (χ1n) is 4.13. The topological polar surface area (TPSA) is 61.3 Å². The second-order valence-corrected chi connectivity index (χ2v) is 2.92. The monoisotopic (exact) mass is 175 g/mol. The molecule has 2 rings (SSSR count). The SMILES string of the molecule is [N-]=[N+]=NC[C@@H]1O[C@H]1c1ccccc1. The molecule has 0 saturated carbocycles. The van der Waals surface area contributed by atoms with Crippen LogP contribution in [-0.2, 0) is 4.74 Å². The van der Waals surface area contributed by atoms with Crippen LogP contribution in [0.1, 0.15) is 11.7 Å². The fourth-order valence-electron chi connectivity index (χ4n) is 1.33. The summed E-state index contributed by atoms with van der Waals surface area (Å²) in [5.74, 6) is 0. The molecule has 1 aliphatic rings. The molecular formula is C9H9N3O. The fraction of sp³-hybridized carbons (Fsp3) is 0.333. The Labute approximate surface area is 75.8 Å². The minimum absolute atomic E-state index is 0.0818. The zero-order valence-electron chi connectivity index (χ0n) is 7.00. The van der Waals surface area contributed by atoms with Gasteiger partial charge in [-0.05, 0) is 11.1 Å². The van der Waals surface area contributed by atoms with Crippen LogP contribution in [0.15, 0.2) is 35.4 Å². The minimum Gasteiger partial charge on any atom is -0.364 e. The summed E-state index contributed by atoms with van der Waals surface area (Å²) in [6, 6.07) is 9.94. The van der Waals surface area contributed by atoms with Gasteiger partial charge in [0.15, 0.2) is 0 Å². The first-order chi connectivity index (χ1) is 6.42. The van der Waals surface area contributed by atoms with E-state index in [0.29, 0.717) is 6.54 Å². The molecule has 0 aromatic heterocycles. The minimum atomic E-state index is 0.0818. The highest BCUT2D eigenvalue weighted by Gasteiger charge is 2.38. The number of epoxide rings is 1. The Kier molecular flexibility index (Phi) is 2.17. The van der Waals surface area contributed by atoms with Gasteiger partial charge in [0.1, 0.15) is 6.10 Å². The molecule has 0 aliphatic carbocycles. The Bertz CT molecular complexity index is 332. The number of rotatable bonds is 3. The molecular weight excluding hydrogens is 166 g/mol. The number of hydrogen-bond donors (Lipinski definition) is 0. The quantitative estimate of drug-likeness (QED) is 0.301. The number of hydrogen-bond acceptors (Lipinski definition) is 2. The van der Waals surface area contributed by atoms with E-state index in [1.165, 1.54) is 0 Å². The summed E-state index contributed by atoms with van der Waals surface area (Å²) < 4.78 is 5.34. The van der Waals surface area contributed by atoms with Gasteiger partial charge in [0.2, 0.25) is 0 Å². The Morgan fingerprint density at radius 3 is 2.85 bits per heavy atom. The van der Waals surface area contributed by atoms with Crippen LogP contribution in [-0.4, -0.2) is 12.6 Å². The van der Waals surface area contributed by atoms with Crippen molar-refractivity contribution in [1.82, 2.24) is 0 Å². The van der Waals surface area contributed by atoms with Gasteiger partial charge in [-0.2, -0.15) is 0 Å². The second-order valence-electron chi connectivity index (χ2n) is 2.92. The first-order valence-corrected chi connectivity index (χ1v) is 4.13. The van der Waals surface area contributed by atoms with E-state index in [2.05, 4.69) is 10.0 Å². The molecule has 0 unspecified atom stereocenters. The molecule has 1 aliphatic heterocycles. The Morgan fingerprint density at radius 1 is 1.38 bits per heavy atom. The number of benzene rings is 1. The van der Waals surface area contributed by atoms with Crippen molar-refractivity contribution in [3.05, 3.63) is 46.3 Å². The van der Waals surface area contributed by atoms with Crippen molar-refractivity contribution in [2.24, 2.45) is 5.11 Å². The lowest BCUT2D eigenvalue weighted by molar-refractivity contribution is 0.376. The average Bonchev–Trinajstić information content (AvgIpc) is 2.95. The molecule has 1 heterocycles. The smallest absolute Gasteiger partial charge is 0.109 e. The normalized spacial score (nSPS) is 24.9. The van der Waals surface area contributed by atoms with Gasteiger partial charge in [-0.15, -0.1) is 0 Å². The van der Waals surface area contributed by atoms with Gasteiger partial charge in [-0.3, -0.25) is 0 Å². The van der Waals surface area contributed by atoms with Gasteiger partial charge in [-0.1, -0.05) is 35.4 Å². The Hall–Kier alpha value is -1.51. The number of ether oxygens (including phenoxy) is 1. The summed E-state index contributed by atoms with van der Waals surface area (Å²) in [4.78, 5) is 2.69. The molecule has 0 bridgehead atoms. The van der Waals surface area contributed by atoms with E-state index in [1.807, 2.05) is 30.3 Å². The molecule has 2 atom stereocenters. The molecule has 0 amide bonds. The van der Waals surface area contributed by atoms with E-state index in [4.69, 9.17) is 10.3 Å². The first kappa shape index (κ1) is 8.10. The summed E-state index contributed by atoms with van der Waals surface area (Å²) in [6.07, 6.45) is 0.213. The predicted octanol–water partition coefficient (Wildman–Crippen LogP) is 2.44. The van der Waals surface area contributed by atoms with Crippen molar-refractivity contribution < 1.29 is 4.74 Å². The van der Waals surface area contributed by atoms with Gasteiger partial charge in [0.05, 0.1) is 12.6 Å². The van der Waals surface area contributed by atoms with Crippen LogP contribution in [0.25, 0.3) is 10.4 Å². The molecule has 1 saturated heterocycles. The third kappa shape index (κ3) is 1.80. The lowest BCUT2D eigenvalue weighted by Crippen LogP contribution is -1.91. The lowest BCUT2D eigenvalue weighted by atomic mass is 10.1. The van der Waals surface area contributed by atoms with E-state index in [1.54, 1.807) is 0 Å².